The van der Waals surface area contributed by atoms with Gasteiger partial charge in [-0.2, -0.15) is 5.10 Å². The number of phenols is 1. The zero-order chi connectivity index (χ0) is 21.0. The number of aryl methyl sites for hydroxylation is 1. The number of amides is 2. The Kier molecular flexibility index (Phi) is 6.04. The number of aromatic hydroxyl groups is 1. The molecule has 0 aliphatic heterocycles. The Morgan fingerprint density at radius 1 is 1.17 bits per heavy atom. The third kappa shape index (κ3) is 4.67. The van der Waals surface area contributed by atoms with E-state index in [0.717, 1.165) is 16.8 Å². The number of rotatable bonds is 5. The molecule has 2 aromatic carbocycles. The molecule has 2 amide bonds. The van der Waals surface area contributed by atoms with Crippen molar-refractivity contribution in [2.24, 2.45) is 5.10 Å². The Bertz CT molecular complexity index is 1070. The van der Waals surface area contributed by atoms with Crippen molar-refractivity contribution >= 4 is 40.2 Å². The lowest BCUT2D eigenvalue weighted by Gasteiger charge is -2.21. The van der Waals surface area contributed by atoms with Crippen LogP contribution in [0.3, 0.4) is 0 Å². The van der Waals surface area contributed by atoms with Crippen molar-refractivity contribution in [3.8, 4) is 5.75 Å². The smallest absolute Gasteiger partial charge is 0.271 e. The lowest BCUT2D eigenvalue weighted by Crippen LogP contribution is -2.23. The number of nitrogens with one attached hydrogen (secondary N) is 1. The largest absolute Gasteiger partial charge is 0.508 e. The molecule has 1 aromatic heterocycles. The molecule has 29 heavy (non-hydrogen) atoms. The monoisotopic (exact) mass is 408 g/mol. The molecule has 0 unspecified atom stereocenters. The maximum atomic E-state index is 12.3. The summed E-state index contributed by atoms with van der Waals surface area (Å²) in [4.78, 5) is 30.3. The summed E-state index contributed by atoms with van der Waals surface area (Å²) < 4.78 is 0. The van der Waals surface area contributed by atoms with Crippen LogP contribution in [0.1, 0.15) is 34.1 Å². The number of thiazole rings is 1. The van der Waals surface area contributed by atoms with Gasteiger partial charge in [-0.05, 0) is 55.3 Å². The van der Waals surface area contributed by atoms with E-state index in [4.69, 9.17) is 0 Å². The zero-order valence-corrected chi connectivity index (χ0v) is 17.0. The zero-order valence-electron chi connectivity index (χ0n) is 16.2. The van der Waals surface area contributed by atoms with E-state index >= 15 is 0 Å². The lowest BCUT2D eigenvalue weighted by atomic mass is 10.1. The van der Waals surface area contributed by atoms with E-state index in [1.807, 2.05) is 32.0 Å². The Labute approximate surface area is 172 Å². The van der Waals surface area contributed by atoms with Gasteiger partial charge in [0.2, 0.25) is 5.91 Å². The molecule has 1 heterocycles. The number of carbonyl (C=O) groups is 2. The lowest BCUT2D eigenvalue weighted by molar-refractivity contribution is -0.115. The average Bonchev–Trinajstić information content (AvgIpc) is 3.14. The van der Waals surface area contributed by atoms with Crippen LogP contribution in [0.2, 0.25) is 0 Å². The van der Waals surface area contributed by atoms with Crippen LogP contribution in [0.5, 0.6) is 5.75 Å². The van der Waals surface area contributed by atoms with Gasteiger partial charge in [-0.25, -0.2) is 10.4 Å². The van der Waals surface area contributed by atoms with Gasteiger partial charge in [-0.3, -0.25) is 14.5 Å². The van der Waals surface area contributed by atoms with Crippen molar-refractivity contribution in [3.05, 3.63) is 70.2 Å². The molecule has 3 rings (SSSR count). The highest BCUT2D eigenvalue weighted by Gasteiger charge is 2.20. The highest BCUT2D eigenvalue weighted by molar-refractivity contribution is 7.14. The fourth-order valence-electron chi connectivity index (χ4n) is 2.66. The number of benzene rings is 2. The van der Waals surface area contributed by atoms with E-state index in [2.05, 4.69) is 15.5 Å². The van der Waals surface area contributed by atoms with Crippen LogP contribution in [0.4, 0.5) is 10.8 Å². The Morgan fingerprint density at radius 3 is 2.59 bits per heavy atom. The number of aromatic nitrogens is 1. The molecule has 0 aliphatic rings. The molecule has 0 aliphatic carbocycles. The summed E-state index contributed by atoms with van der Waals surface area (Å²) in [5.74, 6) is -0.464. The molecule has 0 radical (unpaired) electrons. The second-order valence-electron chi connectivity index (χ2n) is 6.37. The molecular formula is C21H20N4O3S. The number of hydrogen-bond acceptors (Lipinski definition) is 6. The van der Waals surface area contributed by atoms with Gasteiger partial charge in [-0.1, -0.05) is 12.1 Å². The number of hydrogen-bond donors (Lipinski definition) is 2. The first-order chi connectivity index (χ1) is 13.9. The second kappa shape index (κ2) is 8.66. The molecule has 7 nitrogen and oxygen atoms in total. The summed E-state index contributed by atoms with van der Waals surface area (Å²) in [5.41, 5.74) is 6.19. The predicted molar refractivity (Wildman–Crippen MR) is 114 cm³/mol. The predicted octanol–water partition coefficient (Wildman–Crippen LogP) is 3.91. The maximum absolute atomic E-state index is 12.3. The van der Waals surface area contributed by atoms with Gasteiger partial charge in [0.1, 0.15) is 5.75 Å². The first kappa shape index (κ1) is 20.2. The molecule has 0 spiro atoms. The van der Waals surface area contributed by atoms with E-state index in [9.17, 15) is 14.7 Å². The SMILES string of the molecule is CC(=O)N(c1nc(/C=N\NC(=O)c2ccc(O)cc2)cs1)c1cccc(C)c1C. The van der Waals surface area contributed by atoms with Crippen molar-refractivity contribution in [3.63, 3.8) is 0 Å². The highest BCUT2D eigenvalue weighted by atomic mass is 32.1. The van der Waals surface area contributed by atoms with Crippen LogP contribution in [-0.4, -0.2) is 28.1 Å². The van der Waals surface area contributed by atoms with E-state index < -0.39 is 5.91 Å². The first-order valence-electron chi connectivity index (χ1n) is 8.81. The fourth-order valence-corrected chi connectivity index (χ4v) is 3.49. The van der Waals surface area contributed by atoms with Crippen molar-refractivity contribution < 1.29 is 14.7 Å². The van der Waals surface area contributed by atoms with Gasteiger partial charge in [0.25, 0.3) is 5.91 Å². The molecule has 3 aromatic rings. The van der Waals surface area contributed by atoms with E-state index in [-0.39, 0.29) is 11.7 Å². The van der Waals surface area contributed by atoms with Gasteiger partial charge >= 0.3 is 0 Å². The summed E-state index contributed by atoms with van der Waals surface area (Å²) in [6, 6.07) is 11.6. The van der Waals surface area contributed by atoms with Crippen molar-refractivity contribution in [1.29, 1.82) is 0 Å². The Hall–Kier alpha value is -3.52. The average molecular weight is 408 g/mol. The standard InChI is InChI=1S/C21H20N4O3S/c1-13-5-4-6-19(14(13)2)25(15(3)26)21-23-17(12-29-21)11-22-24-20(28)16-7-9-18(27)10-8-16/h4-12,27H,1-3H3,(H,24,28)/b22-11-. The molecule has 0 atom stereocenters. The Morgan fingerprint density at radius 2 is 1.90 bits per heavy atom. The molecule has 8 heteroatoms. The number of anilines is 2. The quantitative estimate of drug-likeness (QED) is 0.494. The van der Waals surface area contributed by atoms with Crippen LogP contribution in [0, 0.1) is 13.8 Å². The van der Waals surface area contributed by atoms with E-state index in [1.165, 1.54) is 48.7 Å². The van der Waals surface area contributed by atoms with Crippen LogP contribution >= 0.6 is 11.3 Å². The minimum atomic E-state index is -0.405. The van der Waals surface area contributed by atoms with Gasteiger partial charge in [0.05, 0.1) is 17.6 Å². The minimum absolute atomic E-state index is 0.0823. The summed E-state index contributed by atoms with van der Waals surface area (Å²) in [5, 5.41) is 15.5. The van der Waals surface area contributed by atoms with E-state index in [1.54, 1.807) is 10.3 Å². The molecule has 0 bridgehead atoms. The summed E-state index contributed by atoms with van der Waals surface area (Å²) in [6.07, 6.45) is 1.42. The normalized spacial score (nSPS) is 10.9. The topological polar surface area (TPSA) is 94.9 Å². The van der Waals surface area contributed by atoms with Crippen molar-refractivity contribution in [2.45, 2.75) is 20.8 Å². The van der Waals surface area contributed by atoms with Gasteiger partial charge in [0.15, 0.2) is 5.13 Å². The highest BCUT2D eigenvalue weighted by Crippen LogP contribution is 2.32. The first-order valence-corrected chi connectivity index (χ1v) is 9.69. The van der Waals surface area contributed by atoms with Crippen LogP contribution in [-0.2, 0) is 4.79 Å². The van der Waals surface area contributed by atoms with Gasteiger partial charge in [0, 0.05) is 17.9 Å². The summed E-state index contributed by atoms with van der Waals surface area (Å²) in [7, 11) is 0. The molecule has 0 saturated heterocycles. The Balaban J connectivity index is 1.75. The number of hydrazone groups is 1. The summed E-state index contributed by atoms with van der Waals surface area (Å²) in [6.45, 7) is 5.46. The van der Waals surface area contributed by atoms with Crippen LogP contribution in [0.25, 0.3) is 0 Å². The molecule has 2 N–H and O–H groups in total. The molecule has 148 valence electrons. The third-order valence-electron chi connectivity index (χ3n) is 4.33. The second-order valence-corrected chi connectivity index (χ2v) is 7.21. The third-order valence-corrected chi connectivity index (χ3v) is 5.17. The van der Waals surface area contributed by atoms with Crippen molar-refractivity contribution in [2.75, 3.05) is 4.90 Å². The number of carbonyl (C=O) groups excluding carboxylic acids is 2. The molecule has 0 fully saturated rings. The van der Waals surface area contributed by atoms with Crippen LogP contribution < -0.4 is 10.3 Å². The minimum Gasteiger partial charge on any atom is -0.508 e. The fraction of sp³-hybridized carbons (Fsp3) is 0.143. The molecular weight excluding hydrogens is 388 g/mol. The van der Waals surface area contributed by atoms with Crippen LogP contribution in [0.15, 0.2) is 52.9 Å². The number of nitrogens with zero attached hydrogens (tertiary/aromatic N) is 3. The van der Waals surface area contributed by atoms with Crippen molar-refractivity contribution in [1.82, 2.24) is 10.4 Å². The number of phenolic OH excluding ortho intramolecular Hbond substituents is 1. The van der Waals surface area contributed by atoms with E-state index in [0.29, 0.717) is 16.4 Å². The summed E-state index contributed by atoms with van der Waals surface area (Å²) >= 11 is 1.31. The van der Waals surface area contributed by atoms with Gasteiger partial charge < -0.3 is 5.11 Å². The van der Waals surface area contributed by atoms with Gasteiger partial charge in [-0.15, -0.1) is 11.3 Å². The maximum Gasteiger partial charge on any atom is 0.271 e. The molecule has 0 saturated carbocycles.